The molecule has 0 unspecified atom stereocenters. The molecule has 0 spiro atoms. The zero-order valence-electron chi connectivity index (χ0n) is 18.7. The molecule has 4 rings (SSSR count). The smallest absolute Gasteiger partial charge is 0.340 e. The van der Waals surface area contributed by atoms with E-state index in [1.807, 2.05) is 30.3 Å². The molecule has 1 saturated heterocycles. The Morgan fingerprint density at radius 2 is 1.82 bits per heavy atom. The Kier molecular flexibility index (Phi) is 6.80. The van der Waals surface area contributed by atoms with Gasteiger partial charge in [-0.05, 0) is 37.5 Å². The maximum absolute atomic E-state index is 13.1. The predicted octanol–water partition coefficient (Wildman–Crippen LogP) is 3.94. The summed E-state index contributed by atoms with van der Waals surface area (Å²) in [7, 11) is -0.784. The van der Waals surface area contributed by atoms with Gasteiger partial charge in [0.1, 0.15) is 0 Å². The summed E-state index contributed by atoms with van der Waals surface area (Å²) in [4.78, 5) is 19.4. The number of hydrogen-bond acceptors (Lipinski definition) is 7. The van der Waals surface area contributed by atoms with Gasteiger partial charge in [-0.15, -0.1) is 0 Å². The van der Waals surface area contributed by atoms with Gasteiger partial charge in [-0.3, -0.25) is 0 Å². The molecule has 8 nitrogen and oxygen atoms in total. The van der Waals surface area contributed by atoms with Crippen LogP contribution in [-0.4, -0.2) is 50.9 Å². The SMILES string of the molecule is CN(C)S(=O)(=O)c1ccc(N2CCCCC2)c(C(=O)OCc2ncc(-c3ccccc3)o2)c1. The molecule has 1 aromatic heterocycles. The lowest BCUT2D eigenvalue weighted by atomic mass is 10.1. The molecule has 33 heavy (non-hydrogen) atoms. The molecule has 1 aliphatic rings. The summed E-state index contributed by atoms with van der Waals surface area (Å²) >= 11 is 0. The van der Waals surface area contributed by atoms with Crippen LogP contribution in [0.2, 0.25) is 0 Å². The minimum Gasteiger partial charge on any atom is -0.452 e. The summed E-state index contributed by atoms with van der Waals surface area (Å²) in [5.74, 6) is 0.222. The predicted molar refractivity (Wildman–Crippen MR) is 124 cm³/mol. The Labute approximate surface area is 193 Å². The van der Waals surface area contributed by atoms with Crippen molar-refractivity contribution in [2.75, 3.05) is 32.1 Å². The number of carbonyl (C=O) groups is 1. The van der Waals surface area contributed by atoms with E-state index in [0.29, 0.717) is 11.4 Å². The van der Waals surface area contributed by atoms with E-state index in [2.05, 4.69) is 9.88 Å². The number of aromatic nitrogens is 1. The highest BCUT2D eigenvalue weighted by molar-refractivity contribution is 7.89. The van der Waals surface area contributed by atoms with Gasteiger partial charge >= 0.3 is 5.97 Å². The van der Waals surface area contributed by atoms with Gasteiger partial charge in [-0.25, -0.2) is 22.5 Å². The fraction of sp³-hybridized carbons (Fsp3) is 0.333. The van der Waals surface area contributed by atoms with Crippen molar-refractivity contribution in [3.05, 3.63) is 66.2 Å². The van der Waals surface area contributed by atoms with Crippen LogP contribution in [0.4, 0.5) is 5.69 Å². The summed E-state index contributed by atoms with van der Waals surface area (Å²) in [6, 6.07) is 14.1. The first-order chi connectivity index (χ1) is 15.9. The maximum Gasteiger partial charge on any atom is 0.340 e. The third-order valence-electron chi connectivity index (χ3n) is 5.60. The minimum absolute atomic E-state index is 0.0442. The number of ether oxygens (including phenoxy) is 1. The molecular weight excluding hydrogens is 442 g/mol. The van der Waals surface area contributed by atoms with Gasteiger partial charge in [-0.1, -0.05) is 30.3 Å². The van der Waals surface area contributed by atoms with Crippen LogP contribution in [0.1, 0.15) is 35.5 Å². The largest absolute Gasteiger partial charge is 0.452 e. The monoisotopic (exact) mass is 469 g/mol. The normalized spacial score (nSPS) is 14.5. The average molecular weight is 470 g/mol. The van der Waals surface area contributed by atoms with Crippen LogP contribution in [0.3, 0.4) is 0 Å². The second-order valence-corrected chi connectivity index (χ2v) is 10.2. The zero-order valence-corrected chi connectivity index (χ0v) is 19.5. The summed E-state index contributed by atoms with van der Waals surface area (Å²) in [5.41, 5.74) is 1.76. The number of oxazole rings is 1. The van der Waals surface area contributed by atoms with Crippen molar-refractivity contribution in [3.8, 4) is 11.3 Å². The van der Waals surface area contributed by atoms with Crippen molar-refractivity contribution in [1.82, 2.24) is 9.29 Å². The van der Waals surface area contributed by atoms with E-state index in [9.17, 15) is 13.2 Å². The van der Waals surface area contributed by atoms with Crippen LogP contribution < -0.4 is 4.90 Å². The van der Waals surface area contributed by atoms with Crippen molar-refractivity contribution in [1.29, 1.82) is 0 Å². The zero-order chi connectivity index (χ0) is 23.4. The molecule has 0 radical (unpaired) electrons. The molecule has 0 aliphatic carbocycles. The average Bonchev–Trinajstić information content (AvgIpc) is 3.32. The van der Waals surface area contributed by atoms with Crippen molar-refractivity contribution in [2.24, 2.45) is 0 Å². The molecule has 0 N–H and O–H groups in total. The van der Waals surface area contributed by atoms with Gasteiger partial charge in [0.15, 0.2) is 12.4 Å². The molecular formula is C24H27N3O5S. The number of esters is 1. The van der Waals surface area contributed by atoms with Crippen LogP contribution in [0.5, 0.6) is 0 Å². The summed E-state index contributed by atoms with van der Waals surface area (Å²) in [6.45, 7) is 1.45. The molecule has 1 fully saturated rings. The molecule has 3 aromatic rings. The molecule has 0 atom stereocenters. The highest BCUT2D eigenvalue weighted by Gasteiger charge is 2.25. The number of anilines is 1. The quantitative estimate of drug-likeness (QED) is 0.484. The van der Waals surface area contributed by atoms with E-state index in [1.54, 1.807) is 12.3 Å². The van der Waals surface area contributed by atoms with Crippen LogP contribution >= 0.6 is 0 Å². The first-order valence-corrected chi connectivity index (χ1v) is 12.3. The molecule has 0 saturated carbocycles. The lowest BCUT2D eigenvalue weighted by Crippen LogP contribution is -2.31. The van der Waals surface area contributed by atoms with E-state index >= 15 is 0 Å². The third kappa shape index (κ3) is 5.09. The minimum atomic E-state index is -3.70. The van der Waals surface area contributed by atoms with E-state index in [4.69, 9.17) is 9.15 Å². The lowest BCUT2D eigenvalue weighted by Gasteiger charge is -2.30. The van der Waals surface area contributed by atoms with Crippen molar-refractivity contribution >= 4 is 21.7 Å². The van der Waals surface area contributed by atoms with Gasteiger partial charge in [0.05, 0.1) is 22.3 Å². The number of hydrogen-bond donors (Lipinski definition) is 0. The van der Waals surface area contributed by atoms with Crippen LogP contribution in [0.25, 0.3) is 11.3 Å². The number of rotatable bonds is 7. The first-order valence-electron chi connectivity index (χ1n) is 10.8. The Morgan fingerprint density at radius 3 is 2.52 bits per heavy atom. The molecule has 174 valence electrons. The van der Waals surface area contributed by atoms with Crippen molar-refractivity contribution in [2.45, 2.75) is 30.8 Å². The fourth-order valence-electron chi connectivity index (χ4n) is 3.78. The standard InChI is InChI=1S/C24H27N3O5S/c1-26(2)33(29,30)19-11-12-21(27-13-7-4-8-14-27)20(15-19)24(28)31-17-23-25-16-22(32-23)18-9-5-3-6-10-18/h3,5-6,9-12,15-16H,4,7-8,13-14,17H2,1-2H3. The molecule has 9 heteroatoms. The number of sulfonamides is 1. The van der Waals surface area contributed by atoms with E-state index < -0.39 is 16.0 Å². The number of carbonyl (C=O) groups excluding carboxylic acids is 1. The van der Waals surface area contributed by atoms with Gasteiger partial charge < -0.3 is 14.1 Å². The first kappa shape index (κ1) is 23.0. The van der Waals surface area contributed by atoms with Gasteiger partial charge in [0, 0.05) is 32.7 Å². The number of piperidine rings is 1. The second-order valence-electron chi connectivity index (χ2n) is 8.07. The second kappa shape index (κ2) is 9.76. The topological polar surface area (TPSA) is 93.0 Å². The number of nitrogens with zero attached hydrogens (tertiary/aromatic N) is 3. The van der Waals surface area contributed by atoms with Gasteiger partial charge in [0.25, 0.3) is 0 Å². The summed E-state index contributed by atoms with van der Waals surface area (Å²) in [6.07, 6.45) is 4.76. The van der Waals surface area contributed by atoms with E-state index in [1.165, 1.54) is 26.2 Å². The third-order valence-corrected chi connectivity index (χ3v) is 7.41. The summed E-state index contributed by atoms with van der Waals surface area (Å²) < 4.78 is 37.6. The van der Waals surface area contributed by atoms with E-state index in [-0.39, 0.29) is 23.0 Å². The molecule has 0 amide bonds. The molecule has 1 aliphatic heterocycles. The van der Waals surface area contributed by atoms with Gasteiger partial charge in [0.2, 0.25) is 15.9 Å². The summed E-state index contributed by atoms with van der Waals surface area (Å²) in [5, 5.41) is 0. The highest BCUT2D eigenvalue weighted by Crippen LogP contribution is 2.29. The maximum atomic E-state index is 13.1. The van der Waals surface area contributed by atoms with Crippen molar-refractivity contribution in [3.63, 3.8) is 0 Å². The lowest BCUT2D eigenvalue weighted by molar-refractivity contribution is 0.0439. The van der Waals surface area contributed by atoms with Crippen LogP contribution in [0, 0.1) is 0 Å². The highest BCUT2D eigenvalue weighted by atomic mass is 32.2. The van der Waals surface area contributed by atoms with Crippen LogP contribution in [-0.2, 0) is 21.4 Å². The molecule has 0 bridgehead atoms. The Morgan fingerprint density at radius 1 is 1.09 bits per heavy atom. The fourth-order valence-corrected chi connectivity index (χ4v) is 4.71. The van der Waals surface area contributed by atoms with E-state index in [0.717, 1.165) is 42.2 Å². The Bertz CT molecular complexity index is 1220. The van der Waals surface area contributed by atoms with Crippen molar-refractivity contribution < 1.29 is 22.4 Å². The van der Waals surface area contributed by atoms with Gasteiger partial charge in [-0.2, -0.15) is 0 Å². The van der Waals surface area contributed by atoms with Crippen LogP contribution in [0.15, 0.2) is 64.0 Å². The number of benzene rings is 2. The molecule has 2 heterocycles. The Hall–Kier alpha value is -3.17. The molecule has 2 aromatic carbocycles. The Balaban J connectivity index is 1.57.